The average Bonchev–Trinajstić information content (AvgIpc) is 2.00. The lowest BCUT2D eigenvalue weighted by Crippen LogP contribution is -2.48. The van der Waals surface area contributed by atoms with E-state index < -0.39 is 0 Å². The van der Waals surface area contributed by atoms with Gasteiger partial charge in [0.25, 0.3) is 0 Å². The van der Waals surface area contributed by atoms with Gasteiger partial charge in [-0.3, -0.25) is 4.79 Å². The molecule has 2 nitrogen and oxygen atoms in total. The van der Waals surface area contributed by atoms with E-state index in [0.717, 1.165) is 5.92 Å². The van der Waals surface area contributed by atoms with Crippen molar-refractivity contribution in [3.8, 4) is 0 Å². The lowest BCUT2D eigenvalue weighted by molar-refractivity contribution is -0.181. The Morgan fingerprint density at radius 3 is 2.79 bits per heavy atom. The Balaban J connectivity index is 2.16. The highest BCUT2D eigenvalue weighted by Gasteiger charge is 2.45. The van der Waals surface area contributed by atoms with Crippen LogP contribution in [0.5, 0.6) is 0 Å². The zero-order valence-electron chi connectivity index (χ0n) is 9.38. The molecule has 0 aromatic heterocycles. The first-order valence-corrected chi connectivity index (χ1v) is 5.71. The van der Waals surface area contributed by atoms with Gasteiger partial charge in [-0.25, -0.2) is 0 Å². The molecule has 1 saturated carbocycles. The van der Waals surface area contributed by atoms with Crippen molar-refractivity contribution in [3.05, 3.63) is 0 Å². The average molecular weight is 196 g/mol. The first kappa shape index (κ1) is 10.0. The van der Waals surface area contributed by atoms with Crippen molar-refractivity contribution < 1.29 is 9.53 Å². The molecule has 0 amide bonds. The van der Waals surface area contributed by atoms with E-state index in [0.29, 0.717) is 18.3 Å². The summed E-state index contributed by atoms with van der Waals surface area (Å²) < 4.78 is 5.44. The predicted octanol–water partition coefficient (Wildman–Crippen LogP) is 2.76. The number of ether oxygens (including phenoxy) is 1. The molecule has 2 rings (SSSR count). The second-order valence-corrected chi connectivity index (χ2v) is 5.57. The Labute approximate surface area is 86.0 Å². The summed E-state index contributed by atoms with van der Waals surface area (Å²) >= 11 is 0. The van der Waals surface area contributed by atoms with E-state index in [-0.39, 0.29) is 11.6 Å². The largest absolute Gasteiger partial charge is 0.459 e. The van der Waals surface area contributed by atoms with Crippen molar-refractivity contribution in [3.63, 3.8) is 0 Å². The Hall–Kier alpha value is -0.530. The van der Waals surface area contributed by atoms with Gasteiger partial charge in [0.2, 0.25) is 0 Å². The normalized spacial score (nSPS) is 41.4. The summed E-state index contributed by atoms with van der Waals surface area (Å²) in [6.07, 6.45) is 4.38. The van der Waals surface area contributed by atoms with Gasteiger partial charge in [-0.05, 0) is 38.5 Å². The van der Waals surface area contributed by atoms with Gasteiger partial charge in [0.15, 0.2) is 0 Å². The van der Waals surface area contributed by atoms with Crippen LogP contribution in [0.2, 0.25) is 0 Å². The van der Waals surface area contributed by atoms with Gasteiger partial charge in [0.1, 0.15) is 5.60 Å². The highest BCUT2D eigenvalue weighted by molar-refractivity contribution is 5.71. The standard InChI is InChI=1S/C12H20O2/c1-8-4-5-10-9(6-8)7-11(13)14-12(10,2)3/h8-10H,4-7H2,1-3H3. The van der Waals surface area contributed by atoms with E-state index in [1.54, 1.807) is 0 Å². The van der Waals surface area contributed by atoms with Crippen molar-refractivity contribution in [2.24, 2.45) is 17.8 Å². The van der Waals surface area contributed by atoms with E-state index in [2.05, 4.69) is 20.8 Å². The Morgan fingerprint density at radius 2 is 2.07 bits per heavy atom. The molecule has 2 aliphatic rings. The zero-order valence-corrected chi connectivity index (χ0v) is 9.38. The minimum absolute atomic E-state index is 0.00495. The van der Waals surface area contributed by atoms with Crippen molar-refractivity contribution in [1.82, 2.24) is 0 Å². The van der Waals surface area contributed by atoms with Gasteiger partial charge in [-0.2, -0.15) is 0 Å². The minimum atomic E-state index is -0.222. The minimum Gasteiger partial charge on any atom is -0.459 e. The second kappa shape index (κ2) is 3.25. The molecular formula is C12H20O2. The molecule has 1 aliphatic carbocycles. The number of hydrogen-bond donors (Lipinski definition) is 0. The fourth-order valence-corrected chi connectivity index (χ4v) is 3.26. The molecule has 14 heavy (non-hydrogen) atoms. The number of rotatable bonds is 0. The van der Waals surface area contributed by atoms with E-state index in [1.807, 2.05) is 0 Å². The van der Waals surface area contributed by atoms with E-state index in [9.17, 15) is 4.79 Å². The Kier molecular flexibility index (Phi) is 2.32. The number of cyclic esters (lactones) is 1. The molecule has 3 atom stereocenters. The molecule has 0 spiro atoms. The van der Waals surface area contributed by atoms with Crippen LogP contribution in [0.4, 0.5) is 0 Å². The van der Waals surface area contributed by atoms with Gasteiger partial charge in [0.05, 0.1) is 0 Å². The molecule has 0 aromatic carbocycles. The first-order valence-electron chi connectivity index (χ1n) is 5.71. The monoisotopic (exact) mass is 196 g/mol. The van der Waals surface area contributed by atoms with Crippen LogP contribution in [0.1, 0.15) is 46.5 Å². The van der Waals surface area contributed by atoms with Gasteiger partial charge in [-0.1, -0.05) is 13.3 Å². The lowest BCUT2D eigenvalue weighted by Gasteiger charge is -2.46. The number of fused-ring (bicyclic) bond motifs is 1. The van der Waals surface area contributed by atoms with Crippen LogP contribution in [0.3, 0.4) is 0 Å². The van der Waals surface area contributed by atoms with Gasteiger partial charge >= 0.3 is 5.97 Å². The van der Waals surface area contributed by atoms with Crippen LogP contribution >= 0.6 is 0 Å². The molecule has 1 aliphatic heterocycles. The van der Waals surface area contributed by atoms with Crippen molar-refractivity contribution in [1.29, 1.82) is 0 Å². The summed E-state index contributed by atoms with van der Waals surface area (Å²) in [5.41, 5.74) is -0.222. The van der Waals surface area contributed by atoms with Crippen LogP contribution in [-0.2, 0) is 9.53 Å². The van der Waals surface area contributed by atoms with Crippen molar-refractivity contribution in [2.75, 3.05) is 0 Å². The predicted molar refractivity (Wildman–Crippen MR) is 54.8 cm³/mol. The van der Waals surface area contributed by atoms with E-state index >= 15 is 0 Å². The lowest BCUT2D eigenvalue weighted by atomic mass is 9.66. The number of esters is 1. The fourth-order valence-electron chi connectivity index (χ4n) is 3.26. The SMILES string of the molecule is CC1CCC2C(CC(=O)OC2(C)C)C1. The summed E-state index contributed by atoms with van der Waals surface area (Å²) in [4.78, 5) is 11.4. The van der Waals surface area contributed by atoms with Crippen molar-refractivity contribution in [2.45, 2.75) is 52.1 Å². The third-order valence-corrected chi connectivity index (χ3v) is 3.94. The summed E-state index contributed by atoms with van der Waals surface area (Å²) in [5.74, 6) is 1.97. The van der Waals surface area contributed by atoms with Crippen LogP contribution in [-0.4, -0.2) is 11.6 Å². The highest BCUT2D eigenvalue weighted by Crippen LogP contribution is 2.45. The molecule has 3 unspecified atom stereocenters. The number of carbonyl (C=O) groups excluding carboxylic acids is 1. The molecule has 0 bridgehead atoms. The molecule has 1 heterocycles. The van der Waals surface area contributed by atoms with E-state index in [4.69, 9.17) is 4.74 Å². The maximum absolute atomic E-state index is 11.4. The van der Waals surface area contributed by atoms with Crippen LogP contribution in [0, 0.1) is 17.8 Å². The second-order valence-electron chi connectivity index (χ2n) is 5.57. The maximum atomic E-state index is 11.4. The molecular weight excluding hydrogens is 176 g/mol. The Bertz CT molecular complexity index is 245. The maximum Gasteiger partial charge on any atom is 0.306 e. The number of hydrogen-bond acceptors (Lipinski definition) is 2. The quantitative estimate of drug-likeness (QED) is 0.557. The fraction of sp³-hybridized carbons (Fsp3) is 0.917. The van der Waals surface area contributed by atoms with Crippen LogP contribution in [0.25, 0.3) is 0 Å². The molecule has 0 aromatic rings. The topological polar surface area (TPSA) is 26.3 Å². The summed E-state index contributed by atoms with van der Waals surface area (Å²) in [6, 6.07) is 0. The highest BCUT2D eigenvalue weighted by atomic mass is 16.6. The molecule has 0 radical (unpaired) electrons. The molecule has 2 fully saturated rings. The molecule has 1 saturated heterocycles. The number of carbonyl (C=O) groups is 1. The molecule has 2 heteroatoms. The summed E-state index contributed by atoms with van der Waals surface area (Å²) in [7, 11) is 0. The van der Waals surface area contributed by atoms with Gasteiger partial charge in [0, 0.05) is 12.3 Å². The smallest absolute Gasteiger partial charge is 0.306 e. The summed E-state index contributed by atoms with van der Waals surface area (Å²) in [6.45, 7) is 6.43. The third-order valence-electron chi connectivity index (χ3n) is 3.94. The third kappa shape index (κ3) is 1.67. The summed E-state index contributed by atoms with van der Waals surface area (Å²) in [5, 5.41) is 0. The Morgan fingerprint density at radius 1 is 1.36 bits per heavy atom. The first-order chi connectivity index (χ1) is 6.49. The van der Waals surface area contributed by atoms with E-state index in [1.165, 1.54) is 19.3 Å². The zero-order chi connectivity index (χ0) is 10.3. The van der Waals surface area contributed by atoms with Gasteiger partial charge < -0.3 is 4.74 Å². The molecule has 0 N–H and O–H groups in total. The van der Waals surface area contributed by atoms with Crippen LogP contribution in [0.15, 0.2) is 0 Å². The molecule has 80 valence electrons. The van der Waals surface area contributed by atoms with Crippen LogP contribution < -0.4 is 0 Å². The van der Waals surface area contributed by atoms with Crippen molar-refractivity contribution >= 4 is 5.97 Å². The van der Waals surface area contributed by atoms with Gasteiger partial charge in [-0.15, -0.1) is 0 Å².